The molecule has 0 fully saturated rings. The molecule has 6 heteroatoms. The first kappa shape index (κ1) is 13.6. The van der Waals surface area contributed by atoms with Crippen LogP contribution in [0.3, 0.4) is 0 Å². The van der Waals surface area contributed by atoms with Crippen molar-refractivity contribution in [3.63, 3.8) is 0 Å². The first-order chi connectivity index (χ1) is 7.06. The highest BCUT2D eigenvalue weighted by Crippen LogP contribution is 1.93. The van der Waals surface area contributed by atoms with Crippen molar-refractivity contribution in [2.24, 2.45) is 0 Å². The molecule has 2 N–H and O–H groups in total. The molecule has 1 unspecified atom stereocenters. The van der Waals surface area contributed by atoms with Gasteiger partial charge in [0.25, 0.3) is 0 Å². The van der Waals surface area contributed by atoms with Crippen molar-refractivity contribution >= 4 is 11.9 Å². The maximum atomic E-state index is 10.9. The topological polar surface area (TPSA) is 93.1 Å². The molecule has 0 bridgehead atoms. The number of aliphatic hydroxyl groups excluding tert-OH is 1. The van der Waals surface area contributed by atoms with Gasteiger partial charge in [0.05, 0.1) is 6.10 Å². The Kier molecular flexibility index (Phi) is 7.21. The Morgan fingerprint density at radius 3 is 2.60 bits per heavy atom. The average molecular weight is 218 g/mol. The van der Waals surface area contributed by atoms with Crippen LogP contribution in [0, 0.1) is 0 Å². The largest absolute Gasteiger partial charge is 0.480 e. The zero-order valence-electron chi connectivity index (χ0n) is 8.22. The number of ether oxygens (including phenoxy) is 2. The van der Waals surface area contributed by atoms with Crippen molar-refractivity contribution in [1.29, 1.82) is 0 Å². The lowest BCUT2D eigenvalue weighted by atomic mass is 10.3. The molecule has 0 aliphatic heterocycles. The Bertz CT molecular complexity index is 225. The average Bonchev–Trinajstić information content (AvgIpc) is 2.14. The molecule has 0 aromatic carbocycles. The molecule has 0 radical (unpaired) electrons. The van der Waals surface area contributed by atoms with E-state index in [4.69, 9.17) is 10.2 Å². The fraction of sp³-hybridized carbons (Fsp3) is 0.556. The molecule has 6 nitrogen and oxygen atoms in total. The van der Waals surface area contributed by atoms with Crippen LogP contribution in [-0.2, 0) is 19.1 Å². The summed E-state index contributed by atoms with van der Waals surface area (Å²) in [6, 6.07) is 0. The number of esters is 1. The van der Waals surface area contributed by atoms with Crippen LogP contribution in [0.5, 0.6) is 0 Å². The maximum absolute atomic E-state index is 10.9. The Morgan fingerprint density at radius 1 is 1.40 bits per heavy atom. The number of carboxylic acids is 1. The van der Waals surface area contributed by atoms with Gasteiger partial charge < -0.3 is 19.7 Å². The normalized spacial score (nSPS) is 11.8. The number of aliphatic hydroxyl groups is 1. The quantitative estimate of drug-likeness (QED) is 0.424. The monoisotopic (exact) mass is 218 g/mol. The van der Waals surface area contributed by atoms with Gasteiger partial charge in [0, 0.05) is 0 Å². The molecule has 0 heterocycles. The van der Waals surface area contributed by atoms with E-state index in [0.717, 1.165) is 0 Å². The molecule has 0 aromatic rings. The summed E-state index contributed by atoms with van der Waals surface area (Å²) in [5, 5.41) is 17.3. The smallest absolute Gasteiger partial charge is 0.332 e. The number of hydrogen-bond acceptors (Lipinski definition) is 5. The number of carbonyl (C=O) groups excluding carboxylic acids is 1. The summed E-state index contributed by atoms with van der Waals surface area (Å²) in [5.41, 5.74) is 0. The highest BCUT2D eigenvalue weighted by atomic mass is 16.6. The highest BCUT2D eigenvalue weighted by molar-refractivity contribution is 5.72. The third-order valence-electron chi connectivity index (χ3n) is 1.32. The number of hydrogen-bond donors (Lipinski definition) is 2. The van der Waals surface area contributed by atoms with Gasteiger partial charge in [0.1, 0.15) is 19.8 Å². The summed E-state index contributed by atoms with van der Waals surface area (Å²) in [5.74, 6) is -1.87. The van der Waals surface area contributed by atoms with Crippen LogP contribution < -0.4 is 0 Å². The standard InChI is InChI=1S/C9H14O6/c1-2-3-7(10)4-15-9(13)6-14-5-8(11)12/h2,7,10H,1,3-6H2,(H,11,12). The SMILES string of the molecule is C=CCC(O)COC(=O)COCC(=O)O. The summed E-state index contributed by atoms with van der Waals surface area (Å²) >= 11 is 0. The zero-order chi connectivity index (χ0) is 11.7. The lowest BCUT2D eigenvalue weighted by Crippen LogP contribution is -2.22. The van der Waals surface area contributed by atoms with Gasteiger partial charge in [-0.15, -0.1) is 6.58 Å². The molecule has 0 aliphatic carbocycles. The second-order valence-electron chi connectivity index (χ2n) is 2.75. The fourth-order valence-corrected chi connectivity index (χ4v) is 0.713. The van der Waals surface area contributed by atoms with E-state index in [1.165, 1.54) is 6.08 Å². The molecule has 0 saturated carbocycles. The third kappa shape index (κ3) is 8.92. The van der Waals surface area contributed by atoms with Crippen LogP contribution in [0.4, 0.5) is 0 Å². The molecular weight excluding hydrogens is 204 g/mol. The van der Waals surface area contributed by atoms with Crippen LogP contribution in [0.15, 0.2) is 12.7 Å². The molecule has 0 aromatic heterocycles. The molecule has 0 saturated heterocycles. The number of carbonyl (C=O) groups is 2. The van der Waals surface area contributed by atoms with Crippen LogP contribution in [-0.4, -0.2) is 48.1 Å². The van der Waals surface area contributed by atoms with Crippen molar-refractivity contribution in [3.05, 3.63) is 12.7 Å². The van der Waals surface area contributed by atoms with Gasteiger partial charge in [0.2, 0.25) is 0 Å². The van der Waals surface area contributed by atoms with E-state index in [1.807, 2.05) is 0 Å². The predicted molar refractivity (Wildman–Crippen MR) is 50.2 cm³/mol. The van der Waals surface area contributed by atoms with E-state index < -0.39 is 31.3 Å². The Morgan fingerprint density at radius 2 is 2.07 bits per heavy atom. The van der Waals surface area contributed by atoms with Crippen LogP contribution in [0.25, 0.3) is 0 Å². The molecule has 15 heavy (non-hydrogen) atoms. The maximum Gasteiger partial charge on any atom is 0.332 e. The molecular formula is C9H14O6. The van der Waals surface area contributed by atoms with Gasteiger partial charge in [-0.1, -0.05) is 6.08 Å². The van der Waals surface area contributed by atoms with Crippen LogP contribution >= 0.6 is 0 Å². The second-order valence-corrected chi connectivity index (χ2v) is 2.75. The van der Waals surface area contributed by atoms with Gasteiger partial charge in [-0.05, 0) is 6.42 Å². The Hall–Kier alpha value is -1.40. The summed E-state index contributed by atoms with van der Waals surface area (Å²) in [4.78, 5) is 20.9. The van der Waals surface area contributed by atoms with E-state index in [1.54, 1.807) is 0 Å². The first-order valence-corrected chi connectivity index (χ1v) is 4.30. The van der Waals surface area contributed by atoms with E-state index in [9.17, 15) is 9.59 Å². The van der Waals surface area contributed by atoms with E-state index in [2.05, 4.69) is 16.1 Å². The van der Waals surface area contributed by atoms with Crippen molar-refractivity contribution < 1.29 is 29.3 Å². The summed E-state index contributed by atoms with van der Waals surface area (Å²) in [7, 11) is 0. The van der Waals surface area contributed by atoms with Crippen molar-refractivity contribution in [2.75, 3.05) is 19.8 Å². The van der Waals surface area contributed by atoms with Crippen molar-refractivity contribution in [2.45, 2.75) is 12.5 Å². The second kappa shape index (κ2) is 7.95. The summed E-state index contributed by atoms with van der Waals surface area (Å²) in [6.07, 6.45) is 1.04. The molecule has 0 spiro atoms. The van der Waals surface area contributed by atoms with Gasteiger partial charge in [-0.3, -0.25) is 0 Å². The number of aliphatic carboxylic acids is 1. The minimum Gasteiger partial charge on any atom is -0.480 e. The van der Waals surface area contributed by atoms with E-state index in [-0.39, 0.29) is 6.61 Å². The molecule has 0 amide bonds. The highest BCUT2D eigenvalue weighted by Gasteiger charge is 2.08. The zero-order valence-corrected chi connectivity index (χ0v) is 8.22. The van der Waals surface area contributed by atoms with Gasteiger partial charge in [-0.2, -0.15) is 0 Å². The summed E-state index contributed by atoms with van der Waals surface area (Å²) in [6.45, 7) is 2.27. The molecule has 0 rings (SSSR count). The lowest BCUT2D eigenvalue weighted by molar-refractivity contribution is -0.154. The number of carboxylic acid groups (broad SMARTS) is 1. The van der Waals surface area contributed by atoms with Crippen molar-refractivity contribution in [3.8, 4) is 0 Å². The Balaban J connectivity index is 3.48. The molecule has 0 aliphatic rings. The van der Waals surface area contributed by atoms with E-state index in [0.29, 0.717) is 6.42 Å². The fourth-order valence-electron chi connectivity index (χ4n) is 0.713. The minimum absolute atomic E-state index is 0.152. The van der Waals surface area contributed by atoms with Crippen molar-refractivity contribution in [1.82, 2.24) is 0 Å². The van der Waals surface area contributed by atoms with Gasteiger partial charge >= 0.3 is 11.9 Å². The first-order valence-electron chi connectivity index (χ1n) is 4.30. The summed E-state index contributed by atoms with van der Waals surface area (Å²) < 4.78 is 9.06. The number of rotatable bonds is 8. The Labute approximate surface area is 87.1 Å². The molecule has 86 valence electrons. The van der Waals surface area contributed by atoms with Crippen LogP contribution in [0.1, 0.15) is 6.42 Å². The minimum atomic E-state index is -1.16. The van der Waals surface area contributed by atoms with Gasteiger partial charge in [-0.25, -0.2) is 9.59 Å². The predicted octanol–water partition coefficient (Wildman–Crippen LogP) is -0.432. The van der Waals surface area contributed by atoms with E-state index >= 15 is 0 Å². The van der Waals surface area contributed by atoms with Gasteiger partial charge in [0.15, 0.2) is 0 Å². The van der Waals surface area contributed by atoms with Crippen LogP contribution in [0.2, 0.25) is 0 Å². The lowest BCUT2D eigenvalue weighted by Gasteiger charge is -2.08. The molecule has 1 atom stereocenters. The third-order valence-corrected chi connectivity index (χ3v) is 1.32.